The van der Waals surface area contributed by atoms with Gasteiger partial charge in [0.1, 0.15) is 0 Å². The molecule has 29 heavy (non-hydrogen) atoms. The molecule has 1 fully saturated rings. The molecule has 0 unspecified atom stereocenters. The van der Waals surface area contributed by atoms with Crippen molar-refractivity contribution in [1.29, 1.82) is 0 Å². The summed E-state index contributed by atoms with van der Waals surface area (Å²) in [6, 6.07) is 8.28. The van der Waals surface area contributed by atoms with Crippen LogP contribution in [0.5, 0.6) is 0 Å². The molecular weight excluding hydrogens is 382 g/mol. The summed E-state index contributed by atoms with van der Waals surface area (Å²) in [7, 11) is 0. The van der Waals surface area contributed by atoms with Crippen LogP contribution in [0, 0.1) is 18.8 Å². The van der Waals surface area contributed by atoms with Gasteiger partial charge in [0, 0.05) is 29.1 Å². The maximum Gasteiger partial charge on any atom is 0.276 e. The second-order valence-corrected chi connectivity index (χ2v) is 9.51. The van der Waals surface area contributed by atoms with Gasteiger partial charge in [-0.3, -0.25) is 9.59 Å². The predicted molar refractivity (Wildman–Crippen MR) is 119 cm³/mol. The first kappa shape index (κ1) is 20.1. The van der Waals surface area contributed by atoms with Crippen molar-refractivity contribution in [1.82, 2.24) is 15.1 Å². The van der Waals surface area contributed by atoms with Gasteiger partial charge in [-0.05, 0) is 37.7 Å². The summed E-state index contributed by atoms with van der Waals surface area (Å²) in [5.74, 6) is 1.27. The van der Waals surface area contributed by atoms with Crippen LogP contribution in [0.1, 0.15) is 51.6 Å². The summed E-state index contributed by atoms with van der Waals surface area (Å²) >= 11 is 1.62. The Morgan fingerprint density at radius 2 is 2.07 bits per heavy atom. The first-order valence-corrected chi connectivity index (χ1v) is 11.5. The Bertz CT molecular complexity index is 1100. The lowest BCUT2D eigenvalue weighted by Crippen LogP contribution is -2.43. The minimum Gasteiger partial charge on any atom is -0.353 e. The van der Waals surface area contributed by atoms with Gasteiger partial charge in [0.25, 0.3) is 5.56 Å². The van der Waals surface area contributed by atoms with Crippen molar-refractivity contribution in [3.05, 3.63) is 40.3 Å². The zero-order valence-corrected chi connectivity index (χ0v) is 18.2. The predicted octanol–water partition coefficient (Wildman–Crippen LogP) is 4.64. The molecule has 6 heteroatoms. The average molecular weight is 412 g/mol. The molecule has 4 rings (SSSR count). The number of amides is 1. The number of rotatable bonds is 5. The fourth-order valence-electron chi connectivity index (χ4n) is 4.52. The van der Waals surface area contributed by atoms with E-state index in [1.54, 1.807) is 11.3 Å². The van der Waals surface area contributed by atoms with Crippen molar-refractivity contribution < 1.29 is 4.79 Å². The molecule has 1 aliphatic rings. The van der Waals surface area contributed by atoms with E-state index < -0.39 is 0 Å². The number of benzene rings is 1. The normalized spacial score (nSPS) is 22.2. The second-order valence-electron chi connectivity index (χ2n) is 8.46. The summed E-state index contributed by atoms with van der Waals surface area (Å²) in [6.07, 6.45) is 4.54. The topological polar surface area (TPSA) is 64.0 Å². The standard InChI is InChI=1S/C23H29N3O2S/c1-14-8-6-10-18(15(14)2)24-20(27)12-7-13-26-23(28)21-17-9-4-5-11-19(17)29-22(21)16(3)25-26/h4-5,9,11,14-15,18H,6-8,10,12-13H2,1-3H3,(H,24,27)/t14-,15-,18-/m1/s1. The first-order valence-electron chi connectivity index (χ1n) is 10.6. The maximum atomic E-state index is 13.0. The Kier molecular flexibility index (Phi) is 5.72. The third-order valence-electron chi connectivity index (χ3n) is 6.47. The zero-order chi connectivity index (χ0) is 20.5. The van der Waals surface area contributed by atoms with Crippen LogP contribution >= 0.6 is 11.3 Å². The summed E-state index contributed by atoms with van der Waals surface area (Å²) < 4.78 is 3.61. The minimum absolute atomic E-state index is 0.0572. The Hall–Kier alpha value is -2.21. The quantitative estimate of drug-likeness (QED) is 0.665. The fraction of sp³-hybridized carbons (Fsp3) is 0.522. The highest BCUT2D eigenvalue weighted by atomic mass is 32.1. The first-order chi connectivity index (χ1) is 14.0. The number of hydrogen-bond acceptors (Lipinski definition) is 4. The second kappa shape index (κ2) is 8.27. The molecule has 154 valence electrons. The molecule has 0 radical (unpaired) electrons. The van der Waals surface area contributed by atoms with Crippen molar-refractivity contribution >= 4 is 37.4 Å². The SMILES string of the molecule is Cc1nn(CCCC(=O)N[C@@H]2CCC[C@@H](C)[C@H]2C)c(=O)c2c1sc1ccccc12. The van der Waals surface area contributed by atoms with Crippen LogP contribution in [0.4, 0.5) is 0 Å². The summed E-state index contributed by atoms with van der Waals surface area (Å²) in [5, 5.41) is 9.48. The maximum absolute atomic E-state index is 13.0. The van der Waals surface area contributed by atoms with Gasteiger partial charge in [-0.1, -0.05) is 44.9 Å². The monoisotopic (exact) mass is 411 g/mol. The number of fused-ring (bicyclic) bond motifs is 3. The molecule has 0 spiro atoms. The Balaban J connectivity index is 1.45. The van der Waals surface area contributed by atoms with Crippen LogP contribution in [0.25, 0.3) is 20.2 Å². The van der Waals surface area contributed by atoms with Crippen LogP contribution in [0.3, 0.4) is 0 Å². The van der Waals surface area contributed by atoms with E-state index in [2.05, 4.69) is 24.3 Å². The third-order valence-corrected chi connectivity index (χ3v) is 7.75. The van der Waals surface area contributed by atoms with Gasteiger partial charge in [-0.15, -0.1) is 11.3 Å². The molecule has 3 aromatic rings. The number of aromatic nitrogens is 2. The molecule has 1 N–H and O–H groups in total. The lowest BCUT2D eigenvalue weighted by atomic mass is 9.78. The number of nitrogens with one attached hydrogen (secondary N) is 1. The van der Waals surface area contributed by atoms with E-state index in [-0.39, 0.29) is 17.5 Å². The number of carbonyl (C=O) groups is 1. The number of carbonyl (C=O) groups excluding carboxylic acids is 1. The molecule has 0 bridgehead atoms. The summed E-state index contributed by atoms with van der Waals surface area (Å²) in [5.41, 5.74) is 0.813. The molecule has 2 heterocycles. The Morgan fingerprint density at radius 3 is 2.90 bits per heavy atom. The van der Waals surface area contributed by atoms with Crippen molar-refractivity contribution in [3.63, 3.8) is 0 Å². The molecule has 1 aliphatic carbocycles. The highest BCUT2D eigenvalue weighted by Crippen LogP contribution is 2.32. The number of hydrogen-bond donors (Lipinski definition) is 1. The van der Waals surface area contributed by atoms with Crippen molar-refractivity contribution in [2.45, 2.75) is 65.5 Å². The van der Waals surface area contributed by atoms with E-state index in [1.165, 1.54) is 17.5 Å². The van der Waals surface area contributed by atoms with Crippen LogP contribution < -0.4 is 10.9 Å². The molecular formula is C23H29N3O2S. The van der Waals surface area contributed by atoms with Gasteiger partial charge >= 0.3 is 0 Å². The molecule has 0 aliphatic heterocycles. The van der Waals surface area contributed by atoms with Gasteiger partial charge in [0.05, 0.1) is 15.8 Å². The lowest BCUT2D eigenvalue weighted by molar-refractivity contribution is -0.122. The smallest absolute Gasteiger partial charge is 0.276 e. The van der Waals surface area contributed by atoms with E-state index in [4.69, 9.17) is 0 Å². The van der Waals surface area contributed by atoms with Crippen molar-refractivity contribution in [2.75, 3.05) is 0 Å². The molecule has 3 atom stereocenters. The van der Waals surface area contributed by atoms with Crippen molar-refractivity contribution in [3.8, 4) is 0 Å². The fourth-order valence-corrected chi connectivity index (χ4v) is 5.65. The van der Waals surface area contributed by atoms with Crippen LogP contribution in [-0.2, 0) is 11.3 Å². The van der Waals surface area contributed by atoms with Gasteiger partial charge in [0.2, 0.25) is 5.91 Å². The molecule has 1 saturated carbocycles. The Morgan fingerprint density at radius 1 is 1.28 bits per heavy atom. The number of aryl methyl sites for hydroxylation is 2. The molecule has 5 nitrogen and oxygen atoms in total. The van der Waals surface area contributed by atoms with Gasteiger partial charge in [0.15, 0.2) is 0 Å². The van der Waals surface area contributed by atoms with Gasteiger partial charge < -0.3 is 5.32 Å². The average Bonchev–Trinajstić information content (AvgIpc) is 3.10. The van der Waals surface area contributed by atoms with E-state index in [0.717, 1.165) is 32.3 Å². The van der Waals surface area contributed by atoms with Crippen LogP contribution in [0.15, 0.2) is 29.1 Å². The molecule has 2 aromatic heterocycles. The zero-order valence-electron chi connectivity index (χ0n) is 17.4. The largest absolute Gasteiger partial charge is 0.353 e. The Labute approximate surface area is 175 Å². The van der Waals surface area contributed by atoms with E-state index in [9.17, 15) is 9.59 Å². The van der Waals surface area contributed by atoms with Gasteiger partial charge in [-0.2, -0.15) is 5.10 Å². The van der Waals surface area contributed by atoms with E-state index >= 15 is 0 Å². The van der Waals surface area contributed by atoms with E-state index in [1.807, 2.05) is 31.2 Å². The number of thiophene rings is 1. The van der Waals surface area contributed by atoms with Gasteiger partial charge in [-0.25, -0.2) is 4.68 Å². The van der Waals surface area contributed by atoms with Crippen molar-refractivity contribution in [2.24, 2.45) is 11.8 Å². The highest BCUT2D eigenvalue weighted by molar-refractivity contribution is 7.26. The molecule has 1 aromatic carbocycles. The van der Waals surface area contributed by atoms with E-state index in [0.29, 0.717) is 31.2 Å². The molecule has 1 amide bonds. The minimum atomic E-state index is -0.0572. The van der Waals surface area contributed by atoms with Crippen LogP contribution in [-0.4, -0.2) is 21.7 Å². The van der Waals surface area contributed by atoms with Crippen LogP contribution in [0.2, 0.25) is 0 Å². The summed E-state index contributed by atoms with van der Waals surface area (Å²) in [4.78, 5) is 25.5. The number of nitrogens with zero attached hydrogens (tertiary/aromatic N) is 2. The highest BCUT2D eigenvalue weighted by Gasteiger charge is 2.27. The summed E-state index contributed by atoms with van der Waals surface area (Å²) in [6.45, 7) is 6.92. The lowest BCUT2D eigenvalue weighted by Gasteiger charge is -2.34. The molecule has 0 saturated heterocycles. The third kappa shape index (κ3) is 3.95.